The number of carbonyl (C=O) groups excluding carboxylic acids is 1. The molecule has 1 fully saturated rings. The topological polar surface area (TPSA) is 50.2 Å². The van der Waals surface area contributed by atoms with Gasteiger partial charge in [-0.15, -0.1) is 0 Å². The molecule has 1 aliphatic rings. The second kappa shape index (κ2) is 7.18. The van der Waals surface area contributed by atoms with Crippen molar-refractivity contribution >= 4 is 11.6 Å². The van der Waals surface area contributed by atoms with Gasteiger partial charge in [-0.2, -0.15) is 5.10 Å². The van der Waals surface area contributed by atoms with Crippen molar-refractivity contribution in [2.45, 2.75) is 39.2 Å². The normalized spacial score (nSPS) is 18.0. The van der Waals surface area contributed by atoms with E-state index >= 15 is 0 Å². The molecule has 128 valence electrons. The molecule has 0 bridgehead atoms. The molecule has 0 aliphatic carbocycles. The van der Waals surface area contributed by atoms with Gasteiger partial charge >= 0.3 is 0 Å². The molecular formula is C19H26N4O. The lowest BCUT2D eigenvalue weighted by atomic mass is 10.0. The molecule has 1 saturated heterocycles. The Kier molecular flexibility index (Phi) is 5.00. The molecular weight excluding hydrogens is 300 g/mol. The van der Waals surface area contributed by atoms with Gasteiger partial charge in [0.2, 0.25) is 5.91 Å². The lowest BCUT2D eigenvalue weighted by Crippen LogP contribution is -2.38. The van der Waals surface area contributed by atoms with Crippen LogP contribution in [0.3, 0.4) is 0 Å². The number of likely N-dealkylation sites (tertiary alicyclic amines) is 1. The minimum atomic E-state index is 0.0501. The van der Waals surface area contributed by atoms with Gasteiger partial charge < -0.3 is 5.32 Å². The van der Waals surface area contributed by atoms with Crippen LogP contribution in [0.4, 0.5) is 5.69 Å². The van der Waals surface area contributed by atoms with Crippen molar-refractivity contribution in [2.75, 3.05) is 18.4 Å². The van der Waals surface area contributed by atoms with Crippen LogP contribution in [-0.4, -0.2) is 39.7 Å². The number of nitrogens with one attached hydrogen (secondary N) is 1. The number of rotatable bonds is 5. The predicted molar refractivity (Wildman–Crippen MR) is 96.1 cm³/mol. The fourth-order valence-corrected chi connectivity index (χ4v) is 3.54. The fraction of sp³-hybridized carbons (Fsp3) is 0.474. The highest BCUT2D eigenvalue weighted by Crippen LogP contribution is 2.22. The molecule has 0 radical (unpaired) electrons. The van der Waals surface area contributed by atoms with Crippen LogP contribution in [-0.2, 0) is 18.3 Å². The molecule has 1 aromatic heterocycles. The van der Waals surface area contributed by atoms with E-state index in [1.54, 1.807) is 4.68 Å². The summed E-state index contributed by atoms with van der Waals surface area (Å²) in [5.41, 5.74) is 4.05. The van der Waals surface area contributed by atoms with E-state index in [0.717, 1.165) is 42.9 Å². The van der Waals surface area contributed by atoms with Gasteiger partial charge in [-0.05, 0) is 45.2 Å². The van der Waals surface area contributed by atoms with Crippen LogP contribution in [0.15, 0.2) is 30.3 Å². The smallest absolute Gasteiger partial charge is 0.238 e. The summed E-state index contributed by atoms with van der Waals surface area (Å²) in [6, 6.07) is 11.0. The number of amides is 1. The first kappa shape index (κ1) is 16.7. The van der Waals surface area contributed by atoms with Crippen LogP contribution in [0.5, 0.6) is 0 Å². The second-order valence-corrected chi connectivity index (χ2v) is 6.67. The lowest BCUT2D eigenvalue weighted by Gasteiger charge is -2.24. The Morgan fingerprint density at radius 2 is 2.04 bits per heavy atom. The zero-order valence-corrected chi connectivity index (χ0v) is 14.7. The quantitative estimate of drug-likeness (QED) is 0.919. The third-order valence-corrected chi connectivity index (χ3v) is 4.93. The van der Waals surface area contributed by atoms with Gasteiger partial charge in [0.15, 0.2) is 0 Å². The third kappa shape index (κ3) is 3.67. The van der Waals surface area contributed by atoms with Gasteiger partial charge in [0.1, 0.15) is 0 Å². The Balaban J connectivity index is 1.61. The maximum Gasteiger partial charge on any atom is 0.238 e. The zero-order valence-electron chi connectivity index (χ0n) is 14.7. The Bertz CT molecular complexity index is 708. The maximum absolute atomic E-state index is 12.5. The fourth-order valence-electron chi connectivity index (χ4n) is 3.54. The van der Waals surface area contributed by atoms with Crippen LogP contribution in [0.1, 0.15) is 29.8 Å². The highest BCUT2D eigenvalue weighted by Gasteiger charge is 2.26. The highest BCUT2D eigenvalue weighted by molar-refractivity contribution is 5.93. The summed E-state index contributed by atoms with van der Waals surface area (Å²) >= 11 is 0. The molecule has 3 rings (SSSR count). The Morgan fingerprint density at radius 1 is 1.29 bits per heavy atom. The molecule has 0 spiro atoms. The van der Waals surface area contributed by atoms with Crippen molar-refractivity contribution in [3.63, 3.8) is 0 Å². The van der Waals surface area contributed by atoms with E-state index in [1.165, 1.54) is 5.56 Å². The molecule has 2 aromatic rings. The average Bonchev–Trinajstić information content (AvgIpc) is 3.08. The Labute approximate surface area is 143 Å². The summed E-state index contributed by atoms with van der Waals surface area (Å²) in [7, 11) is 1.90. The van der Waals surface area contributed by atoms with Crippen LogP contribution < -0.4 is 5.32 Å². The number of carbonyl (C=O) groups is 1. The minimum absolute atomic E-state index is 0.0501. The van der Waals surface area contributed by atoms with Crippen molar-refractivity contribution in [1.82, 2.24) is 14.7 Å². The summed E-state index contributed by atoms with van der Waals surface area (Å²) in [5.74, 6) is 0.0501. The maximum atomic E-state index is 12.5. The molecule has 2 heterocycles. The van der Waals surface area contributed by atoms with Gasteiger partial charge in [0, 0.05) is 13.1 Å². The summed E-state index contributed by atoms with van der Waals surface area (Å²) in [5, 5.41) is 7.40. The van der Waals surface area contributed by atoms with Gasteiger partial charge in [0.25, 0.3) is 0 Å². The van der Waals surface area contributed by atoms with Crippen molar-refractivity contribution in [3.8, 4) is 0 Å². The first-order valence-corrected chi connectivity index (χ1v) is 8.62. The van der Waals surface area contributed by atoms with Gasteiger partial charge in [-0.1, -0.05) is 30.3 Å². The molecule has 5 nitrogen and oxygen atoms in total. The van der Waals surface area contributed by atoms with E-state index in [4.69, 9.17) is 0 Å². The number of aromatic nitrogens is 2. The Morgan fingerprint density at radius 3 is 2.71 bits per heavy atom. The first-order chi connectivity index (χ1) is 11.5. The van der Waals surface area contributed by atoms with Crippen LogP contribution in [0.2, 0.25) is 0 Å². The molecule has 1 aliphatic heterocycles. The summed E-state index contributed by atoms with van der Waals surface area (Å²) in [6.07, 6.45) is 3.34. The molecule has 1 aromatic carbocycles. The van der Waals surface area contributed by atoms with Gasteiger partial charge in [-0.25, -0.2) is 0 Å². The van der Waals surface area contributed by atoms with E-state index in [9.17, 15) is 4.79 Å². The van der Waals surface area contributed by atoms with Crippen LogP contribution in [0.25, 0.3) is 0 Å². The number of aryl methyl sites for hydroxylation is 2. The SMILES string of the molecule is Cc1nn(C)c(C)c1NC(=O)CN1CCCC1Cc1ccccc1. The molecule has 5 heteroatoms. The molecule has 1 amide bonds. The number of anilines is 1. The molecule has 1 unspecified atom stereocenters. The van der Waals surface area contributed by atoms with Crippen LogP contribution >= 0.6 is 0 Å². The Hall–Kier alpha value is -2.14. The number of hydrogen-bond acceptors (Lipinski definition) is 3. The summed E-state index contributed by atoms with van der Waals surface area (Å²) in [6.45, 7) is 5.35. The predicted octanol–water partition coefficient (Wildman–Crippen LogP) is 2.68. The summed E-state index contributed by atoms with van der Waals surface area (Å²) < 4.78 is 1.80. The number of hydrogen-bond donors (Lipinski definition) is 1. The van der Waals surface area contributed by atoms with Gasteiger partial charge in [0.05, 0.1) is 23.6 Å². The molecule has 1 N–H and O–H groups in total. The lowest BCUT2D eigenvalue weighted by molar-refractivity contribution is -0.117. The zero-order chi connectivity index (χ0) is 17.1. The molecule has 0 saturated carbocycles. The summed E-state index contributed by atoms with van der Waals surface area (Å²) in [4.78, 5) is 14.8. The first-order valence-electron chi connectivity index (χ1n) is 8.62. The average molecular weight is 326 g/mol. The van der Waals surface area contributed by atoms with E-state index in [1.807, 2.05) is 27.0 Å². The number of nitrogens with zero attached hydrogens (tertiary/aromatic N) is 3. The molecule has 24 heavy (non-hydrogen) atoms. The van der Waals surface area contributed by atoms with Gasteiger partial charge in [-0.3, -0.25) is 14.4 Å². The van der Waals surface area contributed by atoms with Crippen molar-refractivity contribution in [2.24, 2.45) is 7.05 Å². The van der Waals surface area contributed by atoms with E-state index < -0.39 is 0 Å². The van der Waals surface area contributed by atoms with Crippen LogP contribution in [0, 0.1) is 13.8 Å². The minimum Gasteiger partial charge on any atom is -0.322 e. The molecule has 1 atom stereocenters. The third-order valence-electron chi connectivity index (χ3n) is 4.93. The van der Waals surface area contributed by atoms with E-state index in [0.29, 0.717) is 12.6 Å². The number of benzene rings is 1. The largest absolute Gasteiger partial charge is 0.322 e. The monoisotopic (exact) mass is 326 g/mol. The van der Waals surface area contributed by atoms with Crippen molar-refractivity contribution in [3.05, 3.63) is 47.3 Å². The van der Waals surface area contributed by atoms with E-state index in [2.05, 4.69) is 39.6 Å². The second-order valence-electron chi connectivity index (χ2n) is 6.67. The van der Waals surface area contributed by atoms with E-state index in [-0.39, 0.29) is 5.91 Å². The van der Waals surface area contributed by atoms with Crippen molar-refractivity contribution in [1.29, 1.82) is 0 Å². The standard InChI is InChI=1S/C19H26N4O/c1-14-19(15(2)22(3)21-14)20-18(24)13-23-11-7-10-17(23)12-16-8-5-4-6-9-16/h4-6,8-9,17H,7,10-13H2,1-3H3,(H,20,24). The highest BCUT2D eigenvalue weighted by atomic mass is 16.2. The van der Waals surface area contributed by atoms with Crippen molar-refractivity contribution < 1.29 is 4.79 Å².